The summed E-state index contributed by atoms with van der Waals surface area (Å²) < 4.78 is 5.39. The fraction of sp³-hybridized carbons (Fsp3) is 0.429. The number of fused-ring (bicyclic) bond motifs is 1. The molecule has 6 nitrogen and oxygen atoms in total. The first-order valence-corrected chi connectivity index (χ1v) is 6.81. The summed E-state index contributed by atoms with van der Waals surface area (Å²) in [5, 5.41) is 8.96. The fourth-order valence-corrected chi connectivity index (χ4v) is 2.53. The number of hydrogen-bond acceptors (Lipinski definition) is 4. The molecule has 0 spiro atoms. The van der Waals surface area contributed by atoms with E-state index in [1.54, 1.807) is 18.2 Å². The Balaban J connectivity index is 0.00000161. The molecule has 0 bridgehead atoms. The lowest BCUT2D eigenvalue weighted by Crippen LogP contribution is -2.45. The Morgan fingerprint density at radius 2 is 2.24 bits per heavy atom. The molecule has 3 rings (SSSR count). The number of nitrogens with one attached hydrogen (secondary N) is 3. The van der Waals surface area contributed by atoms with Gasteiger partial charge in [0.15, 0.2) is 12.4 Å². The lowest BCUT2D eigenvalue weighted by atomic mass is 10.1. The molecule has 1 atom stereocenters. The van der Waals surface area contributed by atoms with E-state index in [9.17, 15) is 9.59 Å². The van der Waals surface area contributed by atoms with Crippen molar-refractivity contribution in [1.29, 1.82) is 0 Å². The van der Waals surface area contributed by atoms with Gasteiger partial charge in [0.25, 0.3) is 11.8 Å². The maximum Gasteiger partial charge on any atom is 0.262 e. The van der Waals surface area contributed by atoms with Gasteiger partial charge >= 0.3 is 0 Å². The molecule has 1 aromatic rings. The molecule has 3 N–H and O–H groups in total. The van der Waals surface area contributed by atoms with E-state index in [0.717, 1.165) is 25.9 Å². The molecule has 2 aliphatic heterocycles. The van der Waals surface area contributed by atoms with Crippen LogP contribution in [-0.4, -0.2) is 37.6 Å². The normalized spacial score (nSPS) is 20.4. The average Bonchev–Trinajstić information content (AvgIpc) is 2.47. The highest BCUT2D eigenvalue weighted by Crippen LogP contribution is 2.31. The monoisotopic (exact) mass is 311 g/mol. The van der Waals surface area contributed by atoms with Crippen LogP contribution in [0, 0.1) is 0 Å². The minimum atomic E-state index is -0.202. The van der Waals surface area contributed by atoms with E-state index in [-0.39, 0.29) is 36.9 Å². The molecule has 0 aliphatic carbocycles. The highest BCUT2D eigenvalue weighted by Gasteiger charge is 2.24. The molecule has 21 heavy (non-hydrogen) atoms. The van der Waals surface area contributed by atoms with Crippen LogP contribution >= 0.6 is 12.4 Å². The standard InChI is InChI=1S/C14H17N3O3.ClH/c18-12-8-20-13-10(4-1-5-11(13)17-12)14(19)16-9-3-2-6-15-7-9;/h1,4-5,9,15H,2-3,6-8H2,(H,16,19)(H,17,18);1H/t9-;/m0./s1. The third kappa shape index (κ3) is 3.46. The zero-order valence-electron chi connectivity index (χ0n) is 11.5. The molecule has 1 fully saturated rings. The van der Waals surface area contributed by atoms with E-state index in [4.69, 9.17) is 4.74 Å². The minimum Gasteiger partial charge on any atom is -0.481 e. The van der Waals surface area contributed by atoms with Crippen molar-refractivity contribution >= 4 is 29.9 Å². The predicted octanol–water partition coefficient (Wildman–Crippen LogP) is 0.921. The quantitative estimate of drug-likeness (QED) is 0.759. The van der Waals surface area contributed by atoms with Gasteiger partial charge in [-0.15, -0.1) is 12.4 Å². The Kier molecular flexibility index (Phi) is 5.03. The number of halogens is 1. The number of piperidine rings is 1. The first kappa shape index (κ1) is 15.6. The number of hydrogen-bond donors (Lipinski definition) is 3. The first-order chi connectivity index (χ1) is 9.74. The number of carbonyl (C=O) groups excluding carboxylic acids is 2. The molecule has 2 heterocycles. The molecule has 1 aromatic carbocycles. The molecule has 1 saturated heterocycles. The van der Waals surface area contributed by atoms with Gasteiger partial charge in [0.1, 0.15) is 0 Å². The SMILES string of the molecule is Cl.O=C1COc2c(cccc2C(=O)N[C@H]2CCCNC2)N1. The number of benzene rings is 1. The minimum absolute atomic E-state index is 0. The van der Waals surface area contributed by atoms with Crippen molar-refractivity contribution in [3.05, 3.63) is 23.8 Å². The molecular formula is C14H18ClN3O3. The van der Waals surface area contributed by atoms with Gasteiger partial charge in [-0.2, -0.15) is 0 Å². The average molecular weight is 312 g/mol. The van der Waals surface area contributed by atoms with Crippen LogP contribution in [0.25, 0.3) is 0 Å². The number of para-hydroxylation sites is 1. The second-order valence-corrected chi connectivity index (χ2v) is 5.04. The second-order valence-electron chi connectivity index (χ2n) is 5.04. The molecular weight excluding hydrogens is 294 g/mol. The van der Waals surface area contributed by atoms with Crippen LogP contribution in [0.1, 0.15) is 23.2 Å². The van der Waals surface area contributed by atoms with Crippen molar-refractivity contribution in [3.8, 4) is 5.75 Å². The zero-order valence-corrected chi connectivity index (χ0v) is 12.3. The first-order valence-electron chi connectivity index (χ1n) is 6.81. The van der Waals surface area contributed by atoms with E-state index >= 15 is 0 Å². The van der Waals surface area contributed by atoms with Gasteiger partial charge in [-0.1, -0.05) is 6.07 Å². The summed E-state index contributed by atoms with van der Waals surface area (Å²) in [6.07, 6.45) is 2.04. The van der Waals surface area contributed by atoms with Gasteiger partial charge in [-0.25, -0.2) is 0 Å². The summed E-state index contributed by atoms with van der Waals surface area (Å²) in [4.78, 5) is 23.6. The summed E-state index contributed by atoms with van der Waals surface area (Å²) in [6, 6.07) is 5.32. The van der Waals surface area contributed by atoms with E-state index in [0.29, 0.717) is 17.0 Å². The maximum absolute atomic E-state index is 12.3. The van der Waals surface area contributed by atoms with Crippen LogP contribution < -0.4 is 20.7 Å². The van der Waals surface area contributed by atoms with Crippen molar-refractivity contribution in [1.82, 2.24) is 10.6 Å². The van der Waals surface area contributed by atoms with E-state index in [1.165, 1.54) is 0 Å². The molecule has 7 heteroatoms. The number of anilines is 1. The summed E-state index contributed by atoms with van der Waals surface area (Å²) in [7, 11) is 0. The van der Waals surface area contributed by atoms with Crippen LogP contribution in [0.15, 0.2) is 18.2 Å². The van der Waals surface area contributed by atoms with Gasteiger partial charge in [-0.05, 0) is 31.5 Å². The van der Waals surface area contributed by atoms with Crippen molar-refractivity contribution in [2.75, 3.05) is 25.0 Å². The topological polar surface area (TPSA) is 79.5 Å². The summed E-state index contributed by atoms with van der Waals surface area (Å²) >= 11 is 0. The largest absolute Gasteiger partial charge is 0.481 e. The van der Waals surface area contributed by atoms with Crippen LogP contribution in [0.2, 0.25) is 0 Å². The van der Waals surface area contributed by atoms with E-state index in [2.05, 4.69) is 16.0 Å². The molecule has 0 radical (unpaired) electrons. The third-order valence-corrected chi connectivity index (χ3v) is 3.51. The lowest BCUT2D eigenvalue weighted by molar-refractivity contribution is -0.118. The van der Waals surface area contributed by atoms with Crippen molar-refractivity contribution in [3.63, 3.8) is 0 Å². The third-order valence-electron chi connectivity index (χ3n) is 3.51. The van der Waals surface area contributed by atoms with E-state index in [1.807, 2.05) is 0 Å². The molecule has 114 valence electrons. The predicted molar refractivity (Wildman–Crippen MR) is 81.2 cm³/mol. The van der Waals surface area contributed by atoms with Crippen molar-refractivity contribution < 1.29 is 14.3 Å². The van der Waals surface area contributed by atoms with Gasteiger partial charge in [0.05, 0.1) is 11.3 Å². The number of amides is 2. The number of rotatable bonds is 2. The van der Waals surface area contributed by atoms with E-state index < -0.39 is 0 Å². The molecule has 2 amide bonds. The van der Waals surface area contributed by atoms with Crippen LogP contribution in [0.5, 0.6) is 5.75 Å². The molecule has 0 saturated carbocycles. The van der Waals surface area contributed by atoms with Gasteiger partial charge in [0, 0.05) is 12.6 Å². The Bertz CT molecular complexity index is 544. The van der Waals surface area contributed by atoms with Crippen LogP contribution in [0.3, 0.4) is 0 Å². The Labute approximate surface area is 129 Å². The lowest BCUT2D eigenvalue weighted by Gasteiger charge is -2.25. The van der Waals surface area contributed by atoms with Crippen LogP contribution in [-0.2, 0) is 4.79 Å². The molecule has 0 aromatic heterocycles. The smallest absolute Gasteiger partial charge is 0.262 e. The number of carbonyl (C=O) groups is 2. The molecule has 0 unspecified atom stereocenters. The van der Waals surface area contributed by atoms with Gasteiger partial charge < -0.3 is 20.7 Å². The Morgan fingerprint density at radius 1 is 1.38 bits per heavy atom. The maximum atomic E-state index is 12.3. The van der Waals surface area contributed by atoms with Crippen molar-refractivity contribution in [2.45, 2.75) is 18.9 Å². The zero-order chi connectivity index (χ0) is 13.9. The van der Waals surface area contributed by atoms with Crippen LogP contribution in [0.4, 0.5) is 5.69 Å². The van der Waals surface area contributed by atoms with Gasteiger partial charge in [0.2, 0.25) is 0 Å². The summed E-state index contributed by atoms with van der Waals surface area (Å²) in [5.41, 5.74) is 1.02. The summed E-state index contributed by atoms with van der Waals surface area (Å²) in [6.45, 7) is 1.74. The summed E-state index contributed by atoms with van der Waals surface area (Å²) in [5.74, 6) is 0.0895. The number of ether oxygens (including phenoxy) is 1. The Morgan fingerprint density at radius 3 is 3.00 bits per heavy atom. The molecule has 2 aliphatic rings. The van der Waals surface area contributed by atoms with Gasteiger partial charge in [-0.3, -0.25) is 9.59 Å². The highest BCUT2D eigenvalue weighted by atomic mass is 35.5. The fourth-order valence-electron chi connectivity index (χ4n) is 2.53. The van der Waals surface area contributed by atoms with Crippen molar-refractivity contribution in [2.24, 2.45) is 0 Å². The highest BCUT2D eigenvalue weighted by molar-refractivity contribution is 6.03. The Hall–Kier alpha value is -1.79. The second kappa shape index (κ2) is 6.78.